The summed E-state index contributed by atoms with van der Waals surface area (Å²) in [5, 5.41) is 8.51. The van der Waals surface area contributed by atoms with Crippen molar-refractivity contribution in [2.75, 3.05) is 69.4 Å². The summed E-state index contributed by atoms with van der Waals surface area (Å²) in [5.41, 5.74) is 1.68. The van der Waals surface area contributed by atoms with Crippen molar-refractivity contribution < 1.29 is 14.3 Å². The molecule has 0 atom stereocenters. The Kier molecular flexibility index (Phi) is 6.15. The zero-order valence-electron chi connectivity index (χ0n) is 16.4. The Morgan fingerprint density at radius 1 is 1.07 bits per heavy atom. The number of anilines is 2. The number of halogens is 1. The number of ether oxygens (including phenoxy) is 2. The third-order valence-corrected chi connectivity index (χ3v) is 5.99. The van der Waals surface area contributed by atoms with Crippen LogP contribution in [-0.2, 0) is 4.74 Å². The zero-order valence-corrected chi connectivity index (χ0v) is 18.0. The van der Waals surface area contributed by atoms with Crippen molar-refractivity contribution in [1.82, 2.24) is 15.1 Å². The van der Waals surface area contributed by atoms with Gasteiger partial charge in [-0.2, -0.15) is 5.10 Å². The van der Waals surface area contributed by atoms with Gasteiger partial charge in [0, 0.05) is 49.8 Å². The van der Waals surface area contributed by atoms with Crippen molar-refractivity contribution in [3.05, 3.63) is 40.5 Å². The maximum atomic E-state index is 13.0. The largest absolute Gasteiger partial charge is 0.497 e. The molecule has 2 fully saturated rings. The summed E-state index contributed by atoms with van der Waals surface area (Å²) in [6, 6.07) is 7.53. The van der Waals surface area contributed by atoms with E-state index in [1.165, 1.54) is 0 Å². The number of rotatable bonds is 4. The quantitative estimate of drug-likeness (QED) is 0.689. The van der Waals surface area contributed by atoms with Gasteiger partial charge < -0.3 is 24.2 Å². The first kappa shape index (κ1) is 19.9. The first-order valence-electron chi connectivity index (χ1n) is 9.69. The maximum absolute atomic E-state index is 13.0. The molecule has 29 heavy (non-hydrogen) atoms. The van der Waals surface area contributed by atoms with Gasteiger partial charge in [0.25, 0.3) is 5.91 Å². The molecule has 1 amide bonds. The average Bonchev–Trinajstić information content (AvgIpc) is 2.80. The molecule has 0 unspecified atom stereocenters. The monoisotopic (exact) mass is 461 g/mol. The van der Waals surface area contributed by atoms with Crippen molar-refractivity contribution in [2.45, 2.75) is 0 Å². The van der Waals surface area contributed by atoms with Crippen molar-refractivity contribution >= 4 is 33.3 Å². The Morgan fingerprint density at radius 2 is 1.83 bits per heavy atom. The Hall–Kier alpha value is -2.39. The van der Waals surface area contributed by atoms with Crippen molar-refractivity contribution in [2.24, 2.45) is 0 Å². The molecule has 2 aromatic rings. The normalized spacial score (nSPS) is 17.4. The van der Waals surface area contributed by atoms with Gasteiger partial charge >= 0.3 is 0 Å². The van der Waals surface area contributed by atoms with E-state index in [1.54, 1.807) is 19.4 Å². The Balaban J connectivity index is 1.41. The smallest absolute Gasteiger partial charge is 0.255 e. The molecule has 8 nitrogen and oxygen atoms in total. The summed E-state index contributed by atoms with van der Waals surface area (Å²) >= 11 is 3.48. The van der Waals surface area contributed by atoms with E-state index in [0.29, 0.717) is 37.5 Å². The van der Waals surface area contributed by atoms with E-state index in [-0.39, 0.29) is 5.91 Å². The molecule has 0 saturated carbocycles. The molecule has 0 radical (unpaired) electrons. The summed E-state index contributed by atoms with van der Waals surface area (Å²) in [6.07, 6.45) is 1.80. The standard InChI is InChI=1S/C20H24BrN5O3/c1-28-16-2-3-18(21)17(13-16)20(27)26-6-4-25(5-7-26)19-12-15(14-22-23-19)24-8-10-29-11-9-24/h2-3,12-14H,4-11H2,1H3. The summed E-state index contributed by atoms with van der Waals surface area (Å²) in [6.45, 7) is 5.89. The van der Waals surface area contributed by atoms with E-state index in [2.05, 4.69) is 42.0 Å². The van der Waals surface area contributed by atoms with Gasteiger partial charge in [-0.1, -0.05) is 0 Å². The molecule has 2 saturated heterocycles. The molecule has 1 aromatic heterocycles. The molecule has 9 heteroatoms. The van der Waals surface area contributed by atoms with Crippen LogP contribution in [0.3, 0.4) is 0 Å². The first-order chi connectivity index (χ1) is 14.2. The highest BCUT2D eigenvalue weighted by Crippen LogP contribution is 2.25. The van der Waals surface area contributed by atoms with E-state index in [1.807, 2.05) is 17.0 Å². The second kappa shape index (κ2) is 8.96. The highest BCUT2D eigenvalue weighted by atomic mass is 79.9. The van der Waals surface area contributed by atoms with Gasteiger partial charge in [-0.25, -0.2) is 0 Å². The van der Waals surface area contributed by atoms with Gasteiger partial charge in [-0.15, -0.1) is 5.10 Å². The van der Waals surface area contributed by atoms with Crippen LogP contribution in [0.2, 0.25) is 0 Å². The molecule has 0 bridgehead atoms. The van der Waals surface area contributed by atoms with E-state index in [9.17, 15) is 4.79 Å². The van der Waals surface area contributed by atoms with Crippen molar-refractivity contribution in [3.8, 4) is 5.75 Å². The van der Waals surface area contributed by atoms with E-state index in [0.717, 1.165) is 42.3 Å². The third kappa shape index (κ3) is 4.45. The van der Waals surface area contributed by atoms with Gasteiger partial charge in [-0.3, -0.25) is 4.79 Å². The average molecular weight is 462 g/mol. The van der Waals surface area contributed by atoms with Crippen LogP contribution in [0.25, 0.3) is 0 Å². The number of aromatic nitrogens is 2. The fraction of sp³-hybridized carbons (Fsp3) is 0.450. The van der Waals surface area contributed by atoms with Gasteiger partial charge in [0.1, 0.15) is 5.75 Å². The molecule has 1 aromatic carbocycles. The van der Waals surface area contributed by atoms with E-state index < -0.39 is 0 Å². The number of hydrogen-bond acceptors (Lipinski definition) is 7. The summed E-state index contributed by atoms with van der Waals surface area (Å²) < 4.78 is 11.5. The molecule has 4 rings (SSSR count). The lowest BCUT2D eigenvalue weighted by molar-refractivity contribution is 0.0745. The number of benzene rings is 1. The Bertz CT molecular complexity index is 867. The zero-order chi connectivity index (χ0) is 20.2. The summed E-state index contributed by atoms with van der Waals surface area (Å²) in [5.74, 6) is 1.53. The molecule has 0 spiro atoms. The van der Waals surface area contributed by atoms with Crippen LogP contribution in [0.4, 0.5) is 11.5 Å². The molecule has 0 N–H and O–H groups in total. The molecule has 2 aliphatic rings. The minimum Gasteiger partial charge on any atom is -0.497 e. The molecular formula is C20H24BrN5O3. The molecule has 2 aliphatic heterocycles. The fourth-order valence-corrected chi connectivity index (χ4v) is 4.02. The highest BCUT2D eigenvalue weighted by Gasteiger charge is 2.25. The lowest BCUT2D eigenvalue weighted by Gasteiger charge is -2.36. The van der Waals surface area contributed by atoms with Crippen LogP contribution in [0.1, 0.15) is 10.4 Å². The van der Waals surface area contributed by atoms with Crippen LogP contribution >= 0.6 is 15.9 Å². The van der Waals surface area contributed by atoms with Crippen LogP contribution in [0.15, 0.2) is 34.9 Å². The number of carbonyl (C=O) groups is 1. The number of amides is 1. The van der Waals surface area contributed by atoms with E-state index >= 15 is 0 Å². The topological polar surface area (TPSA) is 71.0 Å². The Labute approximate surface area is 178 Å². The number of morpholine rings is 1. The van der Waals surface area contributed by atoms with Crippen LogP contribution in [0.5, 0.6) is 5.75 Å². The van der Waals surface area contributed by atoms with Crippen LogP contribution in [0, 0.1) is 0 Å². The van der Waals surface area contributed by atoms with Crippen LogP contribution < -0.4 is 14.5 Å². The maximum Gasteiger partial charge on any atom is 0.255 e. The number of hydrogen-bond donors (Lipinski definition) is 0. The van der Waals surface area contributed by atoms with Gasteiger partial charge in [0.15, 0.2) is 5.82 Å². The molecular weight excluding hydrogens is 438 g/mol. The summed E-state index contributed by atoms with van der Waals surface area (Å²) in [4.78, 5) is 19.3. The Morgan fingerprint density at radius 3 is 2.55 bits per heavy atom. The third-order valence-electron chi connectivity index (χ3n) is 5.30. The molecule has 3 heterocycles. The van der Waals surface area contributed by atoms with E-state index in [4.69, 9.17) is 9.47 Å². The minimum absolute atomic E-state index is 0.00331. The van der Waals surface area contributed by atoms with Gasteiger partial charge in [0.2, 0.25) is 0 Å². The lowest BCUT2D eigenvalue weighted by atomic mass is 10.1. The number of nitrogens with zero attached hydrogens (tertiary/aromatic N) is 5. The fourth-order valence-electron chi connectivity index (χ4n) is 3.60. The van der Waals surface area contributed by atoms with Crippen molar-refractivity contribution in [3.63, 3.8) is 0 Å². The lowest BCUT2D eigenvalue weighted by Crippen LogP contribution is -2.49. The first-order valence-corrected chi connectivity index (χ1v) is 10.5. The van der Waals surface area contributed by atoms with Gasteiger partial charge in [0.05, 0.1) is 37.8 Å². The molecule has 154 valence electrons. The number of carbonyl (C=O) groups excluding carboxylic acids is 1. The predicted molar refractivity (Wildman–Crippen MR) is 114 cm³/mol. The number of piperazine rings is 1. The highest BCUT2D eigenvalue weighted by molar-refractivity contribution is 9.10. The SMILES string of the molecule is COc1ccc(Br)c(C(=O)N2CCN(c3cc(N4CCOCC4)cnn3)CC2)c1. The second-order valence-corrected chi connectivity index (χ2v) is 7.85. The molecule has 0 aliphatic carbocycles. The van der Waals surface area contributed by atoms with Gasteiger partial charge in [-0.05, 0) is 34.1 Å². The minimum atomic E-state index is 0.00331. The predicted octanol–water partition coefficient (Wildman–Crippen LogP) is 2.05. The second-order valence-electron chi connectivity index (χ2n) is 7.00. The van der Waals surface area contributed by atoms with Crippen molar-refractivity contribution in [1.29, 1.82) is 0 Å². The number of methoxy groups -OCH3 is 1. The van der Waals surface area contributed by atoms with Crippen LogP contribution in [-0.4, -0.2) is 80.6 Å². The summed E-state index contributed by atoms with van der Waals surface area (Å²) in [7, 11) is 1.60.